The summed E-state index contributed by atoms with van der Waals surface area (Å²) in [5.74, 6) is -0.344. The highest BCUT2D eigenvalue weighted by Gasteiger charge is 2.42. The Morgan fingerprint density at radius 2 is 1.73 bits per heavy atom. The van der Waals surface area contributed by atoms with E-state index < -0.39 is 21.6 Å². The van der Waals surface area contributed by atoms with E-state index in [1.165, 1.54) is 12.1 Å². The van der Waals surface area contributed by atoms with Crippen molar-refractivity contribution in [1.82, 2.24) is 15.4 Å². The molecular weight excluding hydrogens is 440 g/mol. The Kier molecular flexibility index (Phi) is 8.46. The summed E-state index contributed by atoms with van der Waals surface area (Å²) in [6.07, 6.45) is 4.31. The van der Waals surface area contributed by atoms with Crippen LogP contribution in [0.1, 0.15) is 51.0 Å². The number of benzene rings is 2. The van der Waals surface area contributed by atoms with Crippen molar-refractivity contribution in [2.75, 3.05) is 11.9 Å². The van der Waals surface area contributed by atoms with Gasteiger partial charge in [-0.2, -0.15) is 0 Å². The van der Waals surface area contributed by atoms with Crippen molar-refractivity contribution in [2.45, 2.75) is 62.4 Å². The second-order valence-electron chi connectivity index (χ2n) is 8.32. The number of amides is 3. The van der Waals surface area contributed by atoms with Crippen LogP contribution in [0.25, 0.3) is 0 Å². The number of nitrogens with one attached hydrogen (secondary N) is 4. The highest BCUT2D eigenvalue weighted by molar-refractivity contribution is 7.89. The van der Waals surface area contributed by atoms with Gasteiger partial charge in [0.15, 0.2) is 0 Å². The first-order valence-corrected chi connectivity index (χ1v) is 12.8. The van der Waals surface area contributed by atoms with Crippen LogP contribution in [-0.2, 0) is 21.4 Å². The molecule has 9 heteroatoms. The largest absolute Gasteiger partial charge is 0.334 e. The zero-order valence-electron chi connectivity index (χ0n) is 18.9. The Hall–Kier alpha value is -2.91. The Bertz CT molecular complexity index is 1050. The van der Waals surface area contributed by atoms with Gasteiger partial charge < -0.3 is 16.0 Å². The molecular formula is C24H32N4O4S. The molecule has 0 bridgehead atoms. The Balaban J connectivity index is 1.66. The lowest BCUT2D eigenvalue weighted by atomic mass is 9.96. The van der Waals surface area contributed by atoms with E-state index in [4.69, 9.17) is 0 Å². The van der Waals surface area contributed by atoms with Gasteiger partial charge >= 0.3 is 6.03 Å². The standard InChI is InChI=1S/C24H32N4O4S/c1-2-3-16-26-33(31,32)21-13-9-12-20(17-21)27-22(29)24(14-7-8-15-24)28-23(30)25-18-19-10-5-4-6-11-19/h4-6,9-13,17,26H,2-3,7-8,14-16,18H2,1H3,(H,27,29)(H2,25,28,30). The van der Waals surface area contributed by atoms with Gasteiger partial charge in [0, 0.05) is 18.8 Å². The molecule has 1 fully saturated rings. The summed E-state index contributed by atoms with van der Waals surface area (Å²) in [6, 6.07) is 15.3. The summed E-state index contributed by atoms with van der Waals surface area (Å²) in [4.78, 5) is 25.8. The Morgan fingerprint density at radius 1 is 1.00 bits per heavy atom. The van der Waals surface area contributed by atoms with Gasteiger partial charge in [-0.05, 0) is 43.0 Å². The highest BCUT2D eigenvalue weighted by atomic mass is 32.2. The van der Waals surface area contributed by atoms with Crippen LogP contribution in [0.2, 0.25) is 0 Å². The van der Waals surface area contributed by atoms with Crippen molar-refractivity contribution in [3.05, 3.63) is 60.2 Å². The van der Waals surface area contributed by atoms with Gasteiger partial charge in [-0.15, -0.1) is 0 Å². The zero-order chi connectivity index (χ0) is 23.7. The van der Waals surface area contributed by atoms with E-state index >= 15 is 0 Å². The molecule has 0 saturated heterocycles. The number of anilines is 1. The molecule has 1 saturated carbocycles. The van der Waals surface area contributed by atoms with Gasteiger partial charge in [-0.3, -0.25) is 4.79 Å². The third-order valence-corrected chi connectivity index (χ3v) is 7.22. The van der Waals surface area contributed by atoms with Crippen LogP contribution in [0.15, 0.2) is 59.5 Å². The molecule has 0 spiro atoms. The molecule has 0 aromatic heterocycles. The maximum Gasteiger partial charge on any atom is 0.315 e. The van der Waals surface area contributed by atoms with Crippen molar-refractivity contribution in [3.63, 3.8) is 0 Å². The molecule has 1 aliphatic carbocycles. The Morgan fingerprint density at radius 3 is 2.42 bits per heavy atom. The van der Waals surface area contributed by atoms with Crippen LogP contribution in [0.5, 0.6) is 0 Å². The number of unbranched alkanes of at least 4 members (excludes halogenated alkanes) is 1. The summed E-state index contributed by atoms with van der Waals surface area (Å²) < 4.78 is 27.6. The molecule has 2 aromatic carbocycles. The second-order valence-corrected chi connectivity index (χ2v) is 10.1. The molecule has 4 N–H and O–H groups in total. The van der Waals surface area contributed by atoms with Gasteiger partial charge in [0.25, 0.3) is 0 Å². The number of carbonyl (C=O) groups is 2. The van der Waals surface area contributed by atoms with Crippen molar-refractivity contribution >= 4 is 27.6 Å². The molecule has 2 aromatic rings. The predicted molar refractivity (Wildman–Crippen MR) is 128 cm³/mol. The fraction of sp³-hybridized carbons (Fsp3) is 0.417. The molecule has 33 heavy (non-hydrogen) atoms. The lowest BCUT2D eigenvalue weighted by Gasteiger charge is -2.29. The summed E-state index contributed by atoms with van der Waals surface area (Å²) in [7, 11) is -3.66. The van der Waals surface area contributed by atoms with Crippen LogP contribution >= 0.6 is 0 Å². The second kappa shape index (κ2) is 11.3. The lowest BCUT2D eigenvalue weighted by Crippen LogP contribution is -2.57. The smallest absolute Gasteiger partial charge is 0.315 e. The molecule has 0 atom stereocenters. The number of rotatable bonds is 10. The highest BCUT2D eigenvalue weighted by Crippen LogP contribution is 2.31. The van der Waals surface area contributed by atoms with Crippen molar-refractivity contribution in [1.29, 1.82) is 0 Å². The molecule has 8 nitrogen and oxygen atoms in total. The van der Waals surface area contributed by atoms with E-state index in [2.05, 4.69) is 20.7 Å². The fourth-order valence-electron chi connectivity index (χ4n) is 3.89. The first-order chi connectivity index (χ1) is 15.8. The summed E-state index contributed by atoms with van der Waals surface area (Å²) in [6.45, 7) is 2.70. The molecule has 0 heterocycles. The molecule has 0 aliphatic heterocycles. The third-order valence-electron chi connectivity index (χ3n) is 5.77. The monoisotopic (exact) mass is 472 g/mol. The average molecular weight is 473 g/mol. The van der Waals surface area contributed by atoms with Gasteiger partial charge in [-0.1, -0.05) is 62.6 Å². The molecule has 3 amide bonds. The first-order valence-electron chi connectivity index (χ1n) is 11.4. The van der Waals surface area contributed by atoms with Crippen LogP contribution in [-0.4, -0.2) is 32.4 Å². The minimum atomic E-state index is -3.66. The minimum absolute atomic E-state index is 0.0884. The molecule has 1 aliphatic rings. The van der Waals surface area contributed by atoms with Crippen molar-refractivity contribution < 1.29 is 18.0 Å². The van der Waals surface area contributed by atoms with Gasteiger partial charge in [-0.25, -0.2) is 17.9 Å². The Labute approximate surface area is 195 Å². The van der Waals surface area contributed by atoms with Crippen LogP contribution in [0.4, 0.5) is 10.5 Å². The summed E-state index contributed by atoms with van der Waals surface area (Å²) in [5.41, 5.74) is 0.300. The van der Waals surface area contributed by atoms with Gasteiger partial charge in [0.2, 0.25) is 15.9 Å². The van der Waals surface area contributed by atoms with Gasteiger partial charge in [0.1, 0.15) is 5.54 Å². The topological polar surface area (TPSA) is 116 Å². The van der Waals surface area contributed by atoms with E-state index in [0.29, 0.717) is 31.6 Å². The third kappa shape index (κ3) is 6.79. The van der Waals surface area contributed by atoms with E-state index in [1.54, 1.807) is 12.1 Å². The van der Waals surface area contributed by atoms with Crippen LogP contribution in [0, 0.1) is 0 Å². The maximum absolute atomic E-state index is 13.2. The SMILES string of the molecule is CCCCNS(=O)(=O)c1cccc(NC(=O)C2(NC(=O)NCc3ccccc3)CCCC2)c1. The molecule has 3 rings (SSSR count). The summed E-state index contributed by atoms with van der Waals surface area (Å²) >= 11 is 0. The average Bonchev–Trinajstić information content (AvgIpc) is 3.28. The number of carbonyl (C=O) groups excluding carboxylic acids is 2. The van der Waals surface area contributed by atoms with Crippen molar-refractivity contribution in [3.8, 4) is 0 Å². The molecule has 0 radical (unpaired) electrons. The maximum atomic E-state index is 13.2. The van der Waals surface area contributed by atoms with E-state index in [1.807, 2.05) is 37.3 Å². The van der Waals surface area contributed by atoms with E-state index in [-0.39, 0.29) is 10.8 Å². The number of sulfonamides is 1. The van der Waals surface area contributed by atoms with E-state index in [9.17, 15) is 18.0 Å². The normalized spacial score (nSPS) is 15.1. The molecule has 178 valence electrons. The number of hydrogen-bond donors (Lipinski definition) is 4. The minimum Gasteiger partial charge on any atom is -0.334 e. The van der Waals surface area contributed by atoms with Crippen LogP contribution < -0.4 is 20.7 Å². The first kappa shape index (κ1) is 24.7. The number of urea groups is 1. The predicted octanol–water partition coefficient (Wildman–Crippen LogP) is 3.52. The molecule has 0 unspecified atom stereocenters. The van der Waals surface area contributed by atoms with Gasteiger partial charge in [0.05, 0.1) is 4.90 Å². The quantitative estimate of drug-likeness (QED) is 0.396. The number of hydrogen-bond acceptors (Lipinski definition) is 4. The van der Waals surface area contributed by atoms with Crippen molar-refractivity contribution in [2.24, 2.45) is 0 Å². The summed E-state index contributed by atoms with van der Waals surface area (Å²) in [5, 5.41) is 8.48. The van der Waals surface area contributed by atoms with E-state index in [0.717, 1.165) is 31.2 Å². The zero-order valence-corrected chi connectivity index (χ0v) is 19.7. The fourth-order valence-corrected chi connectivity index (χ4v) is 5.01. The lowest BCUT2D eigenvalue weighted by molar-refractivity contribution is -0.121. The van der Waals surface area contributed by atoms with Crippen LogP contribution in [0.3, 0.4) is 0 Å².